The fourth-order valence-electron chi connectivity index (χ4n) is 4.36. The fourth-order valence-corrected chi connectivity index (χ4v) is 4.36. The van der Waals surface area contributed by atoms with Crippen LogP contribution >= 0.6 is 0 Å². The minimum absolute atomic E-state index is 0.105. The van der Waals surface area contributed by atoms with E-state index in [4.69, 9.17) is 9.47 Å². The lowest BCUT2D eigenvalue weighted by Crippen LogP contribution is -2.40. The van der Waals surface area contributed by atoms with Crippen molar-refractivity contribution in [2.75, 3.05) is 26.7 Å². The van der Waals surface area contributed by atoms with Crippen molar-refractivity contribution in [2.45, 2.75) is 46.2 Å². The van der Waals surface area contributed by atoms with Crippen LogP contribution in [0.1, 0.15) is 19.4 Å². The van der Waals surface area contributed by atoms with Gasteiger partial charge in [-0.3, -0.25) is 13.9 Å². The molecule has 2 aromatic carbocycles. The lowest BCUT2D eigenvalue weighted by atomic mass is 10.2. The maximum Gasteiger partial charge on any atom is 0.332 e. The number of aromatic nitrogens is 4. The molecule has 0 saturated heterocycles. The highest BCUT2D eigenvalue weighted by Gasteiger charge is 2.17. The molecule has 0 radical (unpaired) electrons. The van der Waals surface area contributed by atoms with Crippen LogP contribution in [0.4, 0.5) is 0 Å². The number of ether oxygens (including phenoxy) is 2. The molecule has 0 aliphatic rings. The third-order valence-corrected chi connectivity index (χ3v) is 6.38. The number of imidazole rings is 1. The number of aliphatic hydroxyl groups is 1. The zero-order valence-corrected chi connectivity index (χ0v) is 22.1. The van der Waals surface area contributed by atoms with E-state index in [2.05, 4.69) is 4.98 Å². The van der Waals surface area contributed by atoms with Gasteiger partial charge in [0.2, 0.25) is 0 Å². The number of hydrogen-bond donors (Lipinski definition) is 1. The molecular weight excluding hydrogens is 486 g/mol. The second-order valence-electron chi connectivity index (χ2n) is 9.13. The number of nitrogens with zero attached hydrogens (tertiary/aromatic N) is 5. The summed E-state index contributed by atoms with van der Waals surface area (Å²) in [6.45, 7) is 6.31. The third kappa shape index (κ3) is 6.15. The number of aliphatic hydroxyl groups excluding tert-OH is 1. The summed E-state index contributed by atoms with van der Waals surface area (Å²) >= 11 is 0. The Hall–Kier alpha value is -3.89. The molecule has 0 aliphatic carbocycles. The van der Waals surface area contributed by atoms with E-state index < -0.39 is 6.10 Å². The number of hydrogen-bond acceptors (Lipinski definition) is 7. The zero-order valence-electron chi connectivity index (χ0n) is 22.1. The molecule has 0 bridgehead atoms. The smallest absolute Gasteiger partial charge is 0.332 e. The van der Waals surface area contributed by atoms with E-state index in [1.807, 2.05) is 73.5 Å². The Balaban J connectivity index is 1.33. The van der Waals surface area contributed by atoms with Gasteiger partial charge in [0, 0.05) is 32.7 Å². The first-order valence-electron chi connectivity index (χ1n) is 12.9. The van der Waals surface area contributed by atoms with Gasteiger partial charge in [0.15, 0.2) is 22.7 Å². The Kier molecular flexibility index (Phi) is 8.98. The molecule has 1 atom stereocenters. The fraction of sp³-hybridized carbons (Fsp3) is 0.393. The normalized spacial score (nSPS) is 12.2. The van der Waals surface area contributed by atoms with Crippen LogP contribution in [-0.4, -0.2) is 61.5 Å². The maximum atomic E-state index is 12.9. The van der Waals surface area contributed by atoms with Crippen molar-refractivity contribution in [1.29, 1.82) is 0 Å². The van der Waals surface area contributed by atoms with Crippen LogP contribution in [0.3, 0.4) is 0 Å². The molecule has 2 heterocycles. The van der Waals surface area contributed by atoms with Crippen LogP contribution in [0.2, 0.25) is 0 Å². The molecule has 0 amide bonds. The molecule has 1 unspecified atom stereocenters. The number of aryl methyl sites for hydroxylation is 1. The molecule has 10 nitrogen and oxygen atoms in total. The van der Waals surface area contributed by atoms with Gasteiger partial charge in [-0.05, 0) is 38.6 Å². The van der Waals surface area contributed by atoms with Crippen LogP contribution in [-0.2, 0) is 26.2 Å². The minimum Gasteiger partial charge on any atom is -0.487 e. The summed E-state index contributed by atoms with van der Waals surface area (Å²) in [7, 11) is 1.89. The van der Waals surface area contributed by atoms with Gasteiger partial charge in [-0.1, -0.05) is 42.5 Å². The van der Waals surface area contributed by atoms with Gasteiger partial charge in [0.1, 0.15) is 19.3 Å². The first-order valence-corrected chi connectivity index (χ1v) is 12.9. The topological polar surface area (TPSA) is 104 Å². The van der Waals surface area contributed by atoms with Crippen LogP contribution in [0.25, 0.3) is 11.2 Å². The number of likely N-dealkylation sites (N-methyl/N-ethyl adjacent to an activating group) is 1. The highest BCUT2D eigenvalue weighted by atomic mass is 16.5. The Morgan fingerprint density at radius 2 is 1.61 bits per heavy atom. The molecule has 10 heteroatoms. The van der Waals surface area contributed by atoms with E-state index in [0.717, 1.165) is 5.56 Å². The molecule has 2 aromatic heterocycles. The van der Waals surface area contributed by atoms with Gasteiger partial charge in [-0.25, -0.2) is 9.78 Å². The highest BCUT2D eigenvalue weighted by Crippen LogP contribution is 2.27. The number of rotatable bonds is 13. The van der Waals surface area contributed by atoms with Crippen LogP contribution in [0.5, 0.6) is 11.5 Å². The minimum atomic E-state index is -0.732. The molecule has 0 aliphatic heterocycles. The first-order chi connectivity index (χ1) is 18.4. The van der Waals surface area contributed by atoms with Crippen LogP contribution < -0.4 is 20.7 Å². The van der Waals surface area contributed by atoms with Crippen LogP contribution in [0, 0.1) is 0 Å². The van der Waals surface area contributed by atoms with Crippen molar-refractivity contribution in [3.05, 3.63) is 87.3 Å². The summed E-state index contributed by atoms with van der Waals surface area (Å²) in [6.07, 6.45) is 0.863. The monoisotopic (exact) mass is 521 g/mol. The van der Waals surface area contributed by atoms with Crippen molar-refractivity contribution in [1.82, 2.24) is 23.6 Å². The third-order valence-electron chi connectivity index (χ3n) is 6.38. The summed E-state index contributed by atoms with van der Waals surface area (Å²) in [6, 6.07) is 17.3. The summed E-state index contributed by atoms with van der Waals surface area (Å²) in [5.74, 6) is 1.19. The zero-order chi connectivity index (χ0) is 27.1. The molecule has 202 valence electrons. The average molecular weight is 522 g/mol. The van der Waals surface area contributed by atoms with Crippen molar-refractivity contribution < 1.29 is 14.6 Å². The molecular formula is C28H35N5O5. The van der Waals surface area contributed by atoms with E-state index in [1.165, 1.54) is 9.13 Å². The quantitative estimate of drug-likeness (QED) is 0.288. The van der Waals surface area contributed by atoms with E-state index >= 15 is 0 Å². The van der Waals surface area contributed by atoms with Gasteiger partial charge >= 0.3 is 5.69 Å². The van der Waals surface area contributed by atoms with Crippen molar-refractivity contribution in [3.8, 4) is 11.5 Å². The predicted octanol–water partition coefficient (Wildman–Crippen LogP) is 2.35. The molecule has 0 spiro atoms. The molecule has 1 N–H and O–H groups in total. The van der Waals surface area contributed by atoms with Gasteiger partial charge < -0.3 is 24.0 Å². The predicted molar refractivity (Wildman–Crippen MR) is 146 cm³/mol. The number of benzene rings is 2. The van der Waals surface area contributed by atoms with Gasteiger partial charge in [-0.15, -0.1) is 0 Å². The lowest BCUT2D eigenvalue weighted by Gasteiger charge is -2.21. The molecule has 4 rings (SSSR count). The molecule has 0 saturated carbocycles. The Morgan fingerprint density at radius 1 is 0.947 bits per heavy atom. The van der Waals surface area contributed by atoms with E-state index in [1.54, 1.807) is 17.8 Å². The Bertz CT molecular complexity index is 1460. The second kappa shape index (κ2) is 12.6. The molecule has 4 aromatic rings. The second-order valence-corrected chi connectivity index (χ2v) is 9.13. The van der Waals surface area contributed by atoms with Crippen molar-refractivity contribution in [3.63, 3.8) is 0 Å². The summed E-state index contributed by atoms with van der Waals surface area (Å²) < 4.78 is 16.3. The molecule has 0 fully saturated rings. The van der Waals surface area contributed by atoms with E-state index in [-0.39, 0.29) is 17.9 Å². The van der Waals surface area contributed by atoms with Crippen molar-refractivity contribution >= 4 is 11.2 Å². The first kappa shape index (κ1) is 27.2. The van der Waals surface area contributed by atoms with E-state index in [0.29, 0.717) is 62.0 Å². The van der Waals surface area contributed by atoms with E-state index in [9.17, 15) is 14.7 Å². The van der Waals surface area contributed by atoms with Gasteiger partial charge in [0.05, 0.1) is 6.33 Å². The largest absolute Gasteiger partial charge is 0.487 e. The average Bonchev–Trinajstić information content (AvgIpc) is 3.35. The highest BCUT2D eigenvalue weighted by molar-refractivity contribution is 5.70. The lowest BCUT2D eigenvalue weighted by molar-refractivity contribution is 0.0739. The van der Waals surface area contributed by atoms with Crippen molar-refractivity contribution in [2.24, 2.45) is 0 Å². The Labute approximate surface area is 221 Å². The SMILES string of the molecule is CCn1c(=O)c2c(ncn2CCN(C)CC(O)COc2ccccc2OCc2ccccc2)n(CC)c1=O. The van der Waals surface area contributed by atoms with Gasteiger partial charge in [-0.2, -0.15) is 0 Å². The van der Waals surface area contributed by atoms with Crippen LogP contribution in [0.15, 0.2) is 70.5 Å². The van der Waals surface area contributed by atoms with Gasteiger partial charge in [0.25, 0.3) is 5.56 Å². The summed E-state index contributed by atoms with van der Waals surface area (Å²) in [4.78, 5) is 31.8. The standard InChI is InChI=1S/C28H35N5O5/c1-4-32-26-25(27(35)33(5-2)28(32)36)31(20-29-26)16-15-30(3)17-22(34)19-38-24-14-10-9-13-23(24)37-18-21-11-7-6-8-12-21/h6-14,20,22,34H,4-5,15-19H2,1-3H3. The number of para-hydroxylation sites is 2. The molecule has 38 heavy (non-hydrogen) atoms. The maximum absolute atomic E-state index is 12.9. The summed E-state index contributed by atoms with van der Waals surface area (Å²) in [5.41, 5.74) is 1.19. The Morgan fingerprint density at radius 3 is 2.29 bits per heavy atom. The number of fused-ring (bicyclic) bond motifs is 1. The summed E-state index contributed by atoms with van der Waals surface area (Å²) in [5, 5.41) is 10.6.